The summed E-state index contributed by atoms with van der Waals surface area (Å²) in [7, 11) is 1.50. The highest BCUT2D eigenvalue weighted by Gasteiger charge is 2.23. The Balaban J connectivity index is 2.17. The smallest absolute Gasteiger partial charge is 0.375 e. The van der Waals surface area contributed by atoms with Crippen LogP contribution in [0.2, 0.25) is 5.02 Å². The van der Waals surface area contributed by atoms with Gasteiger partial charge in [0.15, 0.2) is 11.5 Å². The van der Waals surface area contributed by atoms with Crippen LogP contribution >= 0.6 is 11.6 Å². The average molecular weight is 363 g/mol. The van der Waals surface area contributed by atoms with Crippen LogP contribution in [0.4, 0.5) is 0 Å². The molecule has 0 aliphatic heterocycles. The maximum absolute atomic E-state index is 12.2. The number of nitriles is 1. The summed E-state index contributed by atoms with van der Waals surface area (Å²) in [4.78, 5) is 37.6. The van der Waals surface area contributed by atoms with E-state index in [2.05, 4.69) is 0 Å². The molecule has 1 atom stereocenters. The molecule has 0 saturated heterocycles. The maximum Gasteiger partial charge on any atom is 0.375 e. The fourth-order valence-corrected chi connectivity index (χ4v) is 2.31. The van der Waals surface area contributed by atoms with Crippen molar-refractivity contribution in [2.24, 2.45) is 0 Å². The molecule has 0 fully saturated rings. The SMILES string of the molecule is C[C@H](OC(=O)c1cc(=O)c2cc(Cl)ccc2o1)C(=O)N(C)CCC#N. The average Bonchev–Trinajstić information content (AvgIpc) is 2.59. The molecule has 2 aromatic rings. The first kappa shape index (κ1) is 18.5. The molecular weight excluding hydrogens is 348 g/mol. The normalized spacial score (nSPS) is 11.6. The second-order valence-electron chi connectivity index (χ2n) is 5.33. The number of nitrogens with zero attached hydrogens (tertiary/aromatic N) is 2. The van der Waals surface area contributed by atoms with Crippen LogP contribution in [0, 0.1) is 11.3 Å². The summed E-state index contributed by atoms with van der Waals surface area (Å²) in [5.74, 6) is -1.69. The van der Waals surface area contributed by atoms with E-state index in [1.165, 1.54) is 37.1 Å². The Morgan fingerprint density at radius 3 is 2.80 bits per heavy atom. The van der Waals surface area contributed by atoms with E-state index in [-0.39, 0.29) is 29.7 Å². The lowest BCUT2D eigenvalue weighted by molar-refractivity contribution is -0.138. The van der Waals surface area contributed by atoms with Crippen LogP contribution in [0.1, 0.15) is 23.9 Å². The highest BCUT2D eigenvalue weighted by Crippen LogP contribution is 2.18. The van der Waals surface area contributed by atoms with Crippen LogP contribution in [0.25, 0.3) is 11.0 Å². The van der Waals surface area contributed by atoms with Gasteiger partial charge in [0.2, 0.25) is 5.76 Å². The largest absolute Gasteiger partial charge is 0.449 e. The molecule has 0 aliphatic carbocycles. The Hall–Kier alpha value is -2.85. The van der Waals surface area contributed by atoms with Gasteiger partial charge in [-0.2, -0.15) is 5.26 Å². The minimum atomic E-state index is -1.08. The van der Waals surface area contributed by atoms with Gasteiger partial charge in [0.05, 0.1) is 17.9 Å². The van der Waals surface area contributed by atoms with Crippen molar-refractivity contribution in [1.29, 1.82) is 5.26 Å². The lowest BCUT2D eigenvalue weighted by Crippen LogP contribution is -2.38. The van der Waals surface area contributed by atoms with Crippen molar-refractivity contribution in [2.75, 3.05) is 13.6 Å². The summed E-state index contributed by atoms with van der Waals surface area (Å²) < 4.78 is 10.4. The molecule has 1 amide bonds. The number of rotatable bonds is 5. The summed E-state index contributed by atoms with van der Waals surface area (Å²) >= 11 is 5.83. The molecule has 0 bridgehead atoms. The number of esters is 1. The van der Waals surface area contributed by atoms with Gasteiger partial charge in [0.1, 0.15) is 5.58 Å². The van der Waals surface area contributed by atoms with E-state index in [1.807, 2.05) is 6.07 Å². The van der Waals surface area contributed by atoms with Gasteiger partial charge in [0.25, 0.3) is 5.91 Å². The second kappa shape index (κ2) is 7.81. The third-order valence-electron chi connectivity index (χ3n) is 3.46. The lowest BCUT2D eigenvalue weighted by atomic mass is 10.2. The number of carbonyl (C=O) groups excluding carboxylic acids is 2. The van der Waals surface area contributed by atoms with Crippen LogP contribution in [0.3, 0.4) is 0 Å². The molecule has 0 unspecified atom stereocenters. The summed E-state index contributed by atoms with van der Waals surface area (Å²) in [6.07, 6.45) is -0.909. The molecule has 7 nitrogen and oxygen atoms in total. The zero-order valence-electron chi connectivity index (χ0n) is 13.6. The van der Waals surface area contributed by atoms with E-state index >= 15 is 0 Å². The Bertz CT molecular complexity index is 915. The van der Waals surface area contributed by atoms with Gasteiger partial charge < -0.3 is 14.1 Å². The van der Waals surface area contributed by atoms with E-state index in [4.69, 9.17) is 26.0 Å². The van der Waals surface area contributed by atoms with Gasteiger partial charge in [-0.3, -0.25) is 9.59 Å². The summed E-state index contributed by atoms with van der Waals surface area (Å²) in [6.45, 7) is 1.63. The van der Waals surface area contributed by atoms with Crippen molar-refractivity contribution in [3.63, 3.8) is 0 Å². The van der Waals surface area contributed by atoms with Gasteiger partial charge >= 0.3 is 5.97 Å². The number of halogens is 1. The standard InChI is InChI=1S/C17H15ClN2O5/c1-10(16(22)20(2)7-3-6-19)24-17(23)15-9-13(21)12-8-11(18)4-5-14(12)25-15/h4-5,8-10H,3,7H2,1-2H3/t10-/m0/s1. The number of amides is 1. The predicted octanol–water partition coefficient (Wildman–Crippen LogP) is 2.36. The van der Waals surface area contributed by atoms with E-state index in [1.54, 1.807) is 0 Å². The number of fused-ring (bicyclic) bond motifs is 1. The van der Waals surface area contributed by atoms with Crippen molar-refractivity contribution in [2.45, 2.75) is 19.4 Å². The number of hydrogen-bond acceptors (Lipinski definition) is 6. The van der Waals surface area contributed by atoms with Crippen molar-refractivity contribution >= 4 is 34.4 Å². The molecular formula is C17H15ClN2O5. The molecule has 130 valence electrons. The fraction of sp³-hybridized carbons (Fsp3) is 0.294. The van der Waals surface area contributed by atoms with Gasteiger partial charge in [-0.15, -0.1) is 0 Å². The first-order chi connectivity index (χ1) is 11.8. The summed E-state index contributed by atoms with van der Waals surface area (Å²) in [5, 5.41) is 9.15. The van der Waals surface area contributed by atoms with E-state index in [9.17, 15) is 14.4 Å². The van der Waals surface area contributed by atoms with Crippen LogP contribution in [-0.2, 0) is 9.53 Å². The first-order valence-corrected chi connectivity index (χ1v) is 7.77. The van der Waals surface area contributed by atoms with Crippen LogP contribution < -0.4 is 5.43 Å². The van der Waals surface area contributed by atoms with Gasteiger partial charge in [-0.1, -0.05) is 11.6 Å². The molecule has 0 aliphatic rings. The van der Waals surface area contributed by atoms with Gasteiger partial charge in [-0.25, -0.2) is 4.79 Å². The number of benzene rings is 1. The molecule has 0 radical (unpaired) electrons. The van der Waals surface area contributed by atoms with Crippen molar-refractivity contribution in [3.8, 4) is 6.07 Å². The summed E-state index contributed by atoms with van der Waals surface area (Å²) in [6, 6.07) is 7.36. The molecule has 25 heavy (non-hydrogen) atoms. The zero-order valence-corrected chi connectivity index (χ0v) is 14.4. The lowest BCUT2D eigenvalue weighted by Gasteiger charge is -2.20. The minimum absolute atomic E-state index is 0.172. The highest BCUT2D eigenvalue weighted by atomic mass is 35.5. The quantitative estimate of drug-likeness (QED) is 0.757. The summed E-state index contributed by atoms with van der Waals surface area (Å²) in [5.41, 5.74) is -0.255. The van der Waals surface area contributed by atoms with Gasteiger partial charge in [0, 0.05) is 24.7 Å². The Morgan fingerprint density at radius 1 is 1.40 bits per heavy atom. The molecule has 1 aromatic heterocycles. The third-order valence-corrected chi connectivity index (χ3v) is 3.69. The molecule has 0 spiro atoms. The third kappa shape index (κ3) is 4.37. The number of likely N-dealkylation sites (N-methyl/N-ethyl adjacent to an activating group) is 1. The fourth-order valence-electron chi connectivity index (χ4n) is 2.14. The zero-order chi connectivity index (χ0) is 18.6. The van der Waals surface area contributed by atoms with Gasteiger partial charge in [-0.05, 0) is 25.1 Å². The molecule has 8 heteroatoms. The maximum atomic E-state index is 12.2. The highest BCUT2D eigenvalue weighted by molar-refractivity contribution is 6.31. The topological polar surface area (TPSA) is 101 Å². The molecule has 1 heterocycles. The van der Waals surface area contributed by atoms with Crippen molar-refractivity contribution < 1.29 is 18.7 Å². The Labute approximate surface area is 148 Å². The molecule has 0 N–H and O–H groups in total. The number of hydrogen-bond donors (Lipinski definition) is 0. The number of carbonyl (C=O) groups is 2. The second-order valence-corrected chi connectivity index (χ2v) is 5.77. The van der Waals surface area contributed by atoms with E-state index in [0.29, 0.717) is 5.02 Å². The van der Waals surface area contributed by atoms with Crippen LogP contribution in [-0.4, -0.2) is 36.5 Å². The molecule has 0 saturated carbocycles. The predicted molar refractivity (Wildman–Crippen MR) is 90.2 cm³/mol. The monoisotopic (exact) mass is 362 g/mol. The van der Waals surface area contributed by atoms with Crippen LogP contribution in [0.5, 0.6) is 0 Å². The first-order valence-electron chi connectivity index (χ1n) is 7.40. The van der Waals surface area contributed by atoms with Crippen LogP contribution in [0.15, 0.2) is 33.5 Å². The Morgan fingerprint density at radius 2 is 2.12 bits per heavy atom. The van der Waals surface area contributed by atoms with E-state index in [0.717, 1.165) is 6.07 Å². The van der Waals surface area contributed by atoms with E-state index < -0.39 is 23.4 Å². The van der Waals surface area contributed by atoms with Crippen molar-refractivity contribution in [1.82, 2.24) is 4.90 Å². The number of ether oxygens (including phenoxy) is 1. The molecule has 2 rings (SSSR count). The minimum Gasteiger partial charge on any atom is -0.449 e. The Kier molecular flexibility index (Phi) is 5.78. The van der Waals surface area contributed by atoms with Crippen molar-refractivity contribution in [3.05, 3.63) is 45.3 Å². The molecule has 1 aromatic carbocycles.